The molecule has 0 unspecified atom stereocenters. The van der Waals surface area contributed by atoms with Crippen LogP contribution in [-0.4, -0.2) is 111 Å². The Morgan fingerprint density at radius 3 is 1.11 bits per heavy atom. The van der Waals surface area contributed by atoms with Gasteiger partial charge in [0.25, 0.3) is 0 Å². The average Bonchev–Trinajstić information content (AvgIpc) is 3.28. The van der Waals surface area contributed by atoms with Gasteiger partial charge < -0.3 is 24.1 Å². The van der Waals surface area contributed by atoms with Crippen LogP contribution >= 0.6 is 0 Å². The van der Waals surface area contributed by atoms with Gasteiger partial charge in [0.2, 0.25) is 0 Å². The molecule has 0 aromatic carbocycles. The zero-order chi connectivity index (χ0) is 47.4. The number of carbonyl (C=O) groups is 4. The number of ether oxygens (including phenoxy) is 4. The first-order valence-electron chi connectivity index (χ1n) is 27.5. The lowest BCUT2D eigenvalue weighted by atomic mass is 9.91. The quantitative estimate of drug-likeness (QED) is 0.0355. The van der Waals surface area contributed by atoms with Gasteiger partial charge in [0, 0.05) is 63.2 Å². The van der Waals surface area contributed by atoms with Gasteiger partial charge in [-0.2, -0.15) is 0 Å². The molecule has 1 aliphatic rings. The van der Waals surface area contributed by atoms with Crippen molar-refractivity contribution in [3.8, 4) is 0 Å². The van der Waals surface area contributed by atoms with Crippen molar-refractivity contribution >= 4 is 23.9 Å². The van der Waals surface area contributed by atoms with Gasteiger partial charge in [-0.3, -0.25) is 29.0 Å². The van der Waals surface area contributed by atoms with Gasteiger partial charge in [0.15, 0.2) is 0 Å². The maximum Gasteiger partial charge on any atom is 0.305 e. The topological polar surface area (TPSA) is 132 Å². The molecule has 0 bridgehead atoms. The molecule has 1 saturated carbocycles. The Hall–Kier alpha value is -2.24. The molecule has 11 heteroatoms. The Morgan fingerprint density at radius 1 is 0.431 bits per heavy atom. The van der Waals surface area contributed by atoms with Gasteiger partial charge in [-0.1, -0.05) is 150 Å². The second kappa shape index (κ2) is 44.3. The number of nitrogens with zero attached hydrogens (tertiary/aromatic N) is 2. The minimum absolute atomic E-state index is 0.000351. The van der Waals surface area contributed by atoms with Crippen LogP contribution in [0.4, 0.5) is 0 Å². The predicted molar refractivity (Wildman–Crippen MR) is 265 cm³/mol. The Kier molecular flexibility index (Phi) is 41.4. The van der Waals surface area contributed by atoms with Crippen LogP contribution in [0.1, 0.15) is 240 Å². The second-order valence-corrected chi connectivity index (χ2v) is 19.3. The summed E-state index contributed by atoms with van der Waals surface area (Å²) >= 11 is 0. The summed E-state index contributed by atoms with van der Waals surface area (Å²) in [6.45, 7) is 14.4. The number of unbranched alkanes of at least 4 members (excludes halogenated alkanes) is 18. The van der Waals surface area contributed by atoms with E-state index in [1.54, 1.807) is 0 Å². The van der Waals surface area contributed by atoms with Gasteiger partial charge in [0.1, 0.15) is 0 Å². The van der Waals surface area contributed by atoms with E-state index < -0.39 is 0 Å². The first-order valence-corrected chi connectivity index (χ1v) is 27.5. The molecule has 0 aromatic heterocycles. The van der Waals surface area contributed by atoms with E-state index in [0.717, 1.165) is 142 Å². The van der Waals surface area contributed by atoms with Crippen LogP contribution in [-0.2, 0) is 38.1 Å². The maximum absolute atomic E-state index is 12.6. The number of hydrogen-bond donors (Lipinski definition) is 1. The van der Waals surface area contributed by atoms with Crippen LogP contribution < -0.4 is 0 Å². The Morgan fingerprint density at radius 2 is 0.785 bits per heavy atom. The van der Waals surface area contributed by atoms with E-state index in [4.69, 9.17) is 18.9 Å². The van der Waals surface area contributed by atoms with Gasteiger partial charge in [-0.15, -0.1) is 0 Å². The number of aliphatic hydroxyl groups excluding tert-OH is 1. The molecule has 1 rings (SSSR count). The summed E-state index contributed by atoms with van der Waals surface area (Å²) in [5.41, 5.74) is 0. The molecule has 0 aliphatic heterocycles. The molecule has 1 N–H and O–H groups in total. The van der Waals surface area contributed by atoms with Crippen molar-refractivity contribution in [3.05, 3.63) is 0 Å². The van der Waals surface area contributed by atoms with E-state index in [9.17, 15) is 24.3 Å². The molecule has 65 heavy (non-hydrogen) atoms. The summed E-state index contributed by atoms with van der Waals surface area (Å²) in [5.74, 6) is -0.640. The Labute approximate surface area is 398 Å². The standard InChI is InChI=1S/C54H102N2O9/c1-5-9-13-17-21-34-51(58)62-44-48(45-63-52(59)35-22-18-14-10-6-2)30-25-27-38-55(42-43-57)40-41-56(50-32-29-33-50)39-28-26-31-49(46-64-53(60)36-23-19-15-11-7-3)47-65-54(61)37-24-20-16-12-8-4/h48-50,57H,5-47H2,1-4H3. The molecule has 382 valence electrons. The lowest BCUT2D eigenvalue weighted by Gasteiger charge is -2.39. The number of esters is 4. The van der Waals surface area contributed by atoms with E-state index >= 15 is 0 Å². The molecular formula is C54H102N2O9. The first-order chi connectivity index (χ1) is 31.8. The van der Waals surface area contributed by atoms with Crippen LogP contribution in [0, 0.1) is 11.8 Å². The van der Waals surface area contributed by atoms with Gasteiger partial charge in [-0.25, -0.2) is 0 Å². The summed E-state index contributed by atoms with van der Waals surface area (Å²) in [6.07, 6.45) is 32.7. The van der Waals surface area contributed by atoms with E-state index in [0.29, 0.717) is 51.5 Å². The third-order valence-electron chi connectivity index (χ3n) is 13.2. The van der Waals surface area contributed by atoms with E-state index in [-0.39, 0.29) is 55.5 Å². The molecule has 0 radical (unpaired) electrons. The highest BCUT2D eigenvalue weighted by atomic mass is 16.6. The highest BCUT2D eigenvalue weighted by Crippen LogP contribution is 2.26. The van der Waals surface area contributed by atoms with Crippen molar-refractivity contribution in [1.29, 1.82) is 0 Å². The number of hydrogen-bond acceptors (Lipinski definition) is 11. The fourth-order valence-electron chi connectivity index (χ4n) is 8.54. The normalized spacial score (nSPS) is 12.9. The highest BCUT2D eigenvalue weighted by Gasteiger charge is 2.25. The number of aliphatic hydroxyl groups is 1. The van der Waals surface area contributed by atoms with Crippen molar-refractivity contribution in [2.24, 2.45) is 11.8 Å². The number of rotatable bonds is 48. The Bertz CT molecular complexity index is 1080. The van der Waals surface area contributed by atoms with Crippen molar-refractivity contribution in [3.63, 3.8) is 0 Å². The van der Waals surface area contributed by atoms with Crippen molar-refractivity contribution < 1.29 is 43.2 Å². The minimum atomic E-state index is -0.160. The molecule has 0 spiro atoms. The molecular weight excluding hydrogens is 821 g/mol. The fourth-order valence-corrected chi connectivity index (χ4v) is 8.54. The molecule has 1 aliphatic carbocycles. The van der Waals surface area contributed by atoms with Crippen LogP contribution in [0.15, 0.2) is 0 Å². The molecule has 11 nitrogen and oxygen atoms in total. The lowest BCUT2D eigenvalue weighted by Crippen LogP contribution is -2.45. The van der Waals surface area contributed by atoms with Gasteiger partial charge in [0.05, 0.1) is 33.0 Å². The maximum atomic E-state index is 12.6. The summed E-state index contributed by atoms with van der Waals surface area (Å²) in [7, 11) is 0. The molecule has 0 aromatic rings. The molecule has 0 amide bonds. The largest absolute Gasteiger partial charge is 0.465 e. The summed E-state index contributed by atoms with van der Waals surface area (Å²) in [5, 5.41) is 9.98. The second-order valence-electron chi connectivity index (χ2n) is 19.3. The minimum Gasteiger partial charge on any atom is -0.465 e. The van der Waals surface area contributed by atoms with Gasteiger partial charge >= 0.3 is 23.9 Å². The first kappa shape index (κ1) is 60.8. The van der Waals surface area contributed by atoms with E-state index in [1.807, 2.05) is 0 Å². The molecule has 0 atom stereocenters. The zero-order valence-electron chi connectivity index (χ0n) is 42.7. The zero-order valence-corrected chi connectivity index (χ0v) is 42.7. The summed E-state index contributed by atoms with van der Waals surface area (Å²) in [6, 6.07) is 0.595. The SMILES string of the molecule is CCCCCCCC(=O)OCC(CCCCN(CCO)CCN(CCCCC(COC(=O)CCCCCCC)COC(=O)CCCCCCC)C1CCC1)COC(=O)CCCCCCC. The van der Waals surface area contributed by atoms with Crippen molar-refractivity contribution in [2.45, 2.75) is 246 Å². The van der Waals surface area contributed by atoms with E-state index in [1.165, 1.54) is 70.6 Å². The third kappa shape index (κ3) is 36.5. The highest BCUT2D eigenvalue weighted by molar-refractivity contribution is 5.70. The van der Waals surface area contributed by atoms with Crippen LogP contribution in [0.2, 0.25) is 0 Å². The monoisotopic (exact) mass is 923 g/mol. The number of carbonyl (C=O) groups excluding carboxylic acids is 4. The average molecular weight is 923 g/mol. The molecule has 0 heterocycles. The summed E-state index contributed by atoms with van der Waals surface area (Å²) < 4.78 is 22.9. The molecule has 1 fully saturated rings. The van der Waals surface area contributed by atoms with Crippen LogP contribution in [0.5, 0.6) is 0 Å². The smallest absolute Gasteiger partial charge is 0.305 e. The predicted octanol–water partition coefficient (Wildman–Crippen LogP) is 12.3. The van der Waals surface area contributed by atoms with Gasteiger partial charge in [-0.05, 0) is 77.3 Å². The van der Waals surface area contributed by atoms with Crippen molar-refractivity contribution in [2.75, 3.05) is 65.8 Å². The van der Waals surface area contributed by atoms with Crippen molar-refractivity contribution in [1.82, 2.24) is 9.80 Å². The van der Waals surface area contributed by atoms with E-state index in [2.05, 4.69) is 37.5 Å². The fraction of sp³-hybridized carbons (Fsp3) is 0.926. The van der Waals surface area contributed by atoms with Crippen LogP contribution in [0.25, 0.3) is 0 Å². The molecule has 0 saturated heterocycles. The van der Waals surface area contributed by atoms with Crippen LogP contribution in [0.3, 0.4) is 0 Å². The lowest BCUT2D eigenvalue weighted by molar-refractivity contribution is -0.151. The Balaban J connectivity index is 2.67. The third-order valence-corrected chi connectivity index (χ3v) is 13.2. The summed E-state index contributed by atoms with van der Waals surface area (Å²) in [4.78, 5) is 55.3.